The first-order valence-electron chi connectivity index (χ1n) is 8.73. The highest BCUT2D eigenvalue weighted by Gasteiger charge is 2.69. The Kier molecular flexibility index (Phi) is 14.0. The predicted octanol–water partition coefficient (Wildman–Crippen LogP) is 2.33. The van der Waals surface area contributed by atoms with E-state index < -0.39 is 20.1 Å². The Bertz CT molecular complexity index is 299. The molecule has 0 aromatic carbocycles. The normalized spacial score (nSPS) is 14.9. The van der Waals surface area contributed by atoms with Crippen molar-refractivity contribution in [1.82, 2.24) is 0 Å². The van der Waals surface area contributed by atoms with Crippen LogP contribution in [0.5, 0.6) is 0 Å². The van der Waals surface area contributed by atoms with Crippen molar-refractivity contribution >= 4 is 8.56 Å². The van der Waals surface area contributed by atoms with Crippen LogP contribution in [0.1, 0.15) is 40.0 Å². The average molecular weight is 385 g/mol. The zero-order valence-corrected chi connectivity index (χ0v) is 17.8. The molecule has 1 atom stereocenters. The van der Waals surface area contributed by atoms with Crippen LogP contribution >= 0.6 is 0 Å². The third-order valence-corrected chi connectivity index (χ3v) is 7.04. The first-order chi connectivity index (χ1) is 12.1. The van der Waals surface area contributed by atoms with E-state index in [1.807, 2.05) is 20.8 Å². The summed E-state index contributed by atoms with van der Waals surface area (Å²) in [6, 6.07) is 0. The molecule has 0 saturated heterocycles. The van der Waals surface area contributed by atoms with Crippen LogP contribution in [0.3, 0.4) is 0 Å². The van der Waals surface area contributed by atoms with Crippen LogP contribution in [-0.2, 0) is 37.3 Å². The topological polar surface area (TPSA) is 73.8 Å². The Morgan fingerprint density at radius 1 is 0.760 bits per heavy atom. The Hall–Kier alpha value is -0.103. The van der Waals surface area contributed by atoms with Crippen molar-refractivity contribution in [3.8, 4) is 0 Å². The van der Waals surface area contributed by atoms with Crippen molar-refractivity contribution in [3.05, 3.63) is 0 Å². The van der Waals surface area contributed by atoms with E-state index in [1.165, 1.54) is 28.4 Å². The lowest BCUT2D eigenvalue weighted by atomic mass is 10.5. The van der Waals surface area contributed by atoms with Crippen molar-refractivity contribution in [2.75, 3.05) is 55.1 Å². The summed E-state index contributed by atoms with van der Waals surface area (Å²) in [5.41, 5.74) is -1.60. The number of hydrogen-bond donors (Lipinski definition) is 0. The summed E-state index contributed by atoms with van der Waals surface area (Å²) in [5.74, 6) is -0.820. The molecule has 9 heteroatoms. The van der Waals surface area contributed by atoms with Crippen LogP contribution in [0.4, 0.5) is 0 Å². The summed E-state index contributed by atoms with van der Waals surface area (Å²) in [7, 11) is 2.54. The molecule has 152 valence electrons. The van der Waals surface area contributed by atoms with Gasteiger partial charge in [0.15, 0.2) is 6.79 Å². The van der Waals surface area contributed by atoms with E-state index in [0.717, 1.165) is 19.3 Å². The van der Waals surface area contributed by atoms with E-state index in [2.05, 4.69) is 0 Å². The van der Waals surface area contributed by atoms with Gasteiger partial charge in [-0.25, -0.2) is 0 Å². The summed E-state index contributed by atoms with van der Waals surface area (Å²) >= 11 is 0. The summed E-state index contributed by atoms with van der Waals surface area (Å²) in [5, 5.41) is 0. The fraction of sp³-hybridized carbons (Fsp3) is 1.00. The largest absolute Gasteiger partial charge is 0.496 e. The molecule has 8 nitrogen and oxygen atoms in total. The number of ether oxygens (including phenoxy) is 6. The van der Waals surface area contributed by atoms with Gasteiger partial charge in [0.05, 0.1) is 6.61 Å². The monoisotopic (exact) mass is 384 g/mol. The lowest BCUT2D eigenvalue weighted by Crippen LogP contribution is -2.74. The van der Waals surface area contributed by atoms with Crippen molar-refractivity contribution in [1.29, 1.82) is 0 Å². The third kappa shape index (κ3) is 6.53. The molecule has 0 saturated carbocycles. The lowest BCUT2D eigenvalue weighted by molar-refractivity contribution is -0.363. The Labute approximate surface area is 153 Å². The maximum absolute atomic E-state index is 6.21. The van der Waals surface area contributed by atoms with Gasteiger partial charge in [0.1, 0.15) is 0 Å². The molecule has 0 radical (unpaired) electrons. The third-order valence-electron chi connectivity index (χ3n) is 3.34. The Morgan fingerprint density at radius 3 is 1.64 bits per heavy atom. The molecule has 0 rings (SSSR count). The smallest absolute Gasteiger partial charge is 0.386 e. The van der Waals surface area contributed by atoms with Crippen LogP contribution in [0, 0.1) is 0 Å². The highest BCUT2D eigenvalue weighted by atomic mass is 28.4. The van der Waals surface area contributed by atoms with Crippen molar-refractivity contribution < 1.29 is 37.3 Å². The molecule has 25 heavy (non-hydrogen) atoms. The zero-order chi connectivity index (χ0) is 19.2. The van der Waals surface area contributed by atoms with Gasteiger partial charge in [-0.2, -0.15) is 0 Å². The number of rotatable bonds is 17. The summed E-state index contributed by atoms with van der Waals surface area (Å²) in [6.07, 6.45) is 2.32. The Morgan fingerprint density at radius 2 is 1.28 bits per heavy atom. The second-order valence-corrected chi connectivity index (χ2v) is 8.32. The van der Waals surface area contributed by atoms with Gasteiger partial charge in [0.2, 0.25) is 5.91 Å². The molecular formula is C16H36O8Si. The predicted molar refractivity (Wildman–Crippen MR) is 95.0 cm³/mol. The molecular weight excluding hydrogens is 348 g/mol. The van der Waals surface area contributed by atoms with Gasteiger partial charge >= 0.3 is 14.2 Å². The molecule has 0 aromatic heterocycles. The van der Waals surface area contributed by atoms with Gasteiger partial charge in [-0.3, -0.25) is 4.74 Å². The minimum Gasteiger partial charge on any atom is -0.386 e. The second kappa shape index (κ2) is 14.0. The van der Waals surface area contributed by atoms with Crippen molar-refractivity contribution in [3.63, 3.8) is 0 Å². The second-order valence-electron chi connectivity index (χ2n) is 5.33. The minimum atomic E-state index is -3.51. The van der Waals surface area contributed by atoms with Gasteiger partial charge in [-0.15, -0.1) is 0 Å². The number of methoxy groups -OCH3 is 4. The van der Waals surface area contributed by atoms with E-state index in [4.69, 9.17) is 37.3 Å². The summed E-state index contributed by atoms with van der Waals surface area (Å²) < 4.78 is 46.1. The van der Waals surface area contributed by atoms with Crippen LogP contribution in [-0.4, -0.2) is 75.1 Å². The lowest BCUT2D eigenvalue weighted by Gasteiger charge is -2.46. The highest BCUT2D eigenvalue weighted by Crippen LogP contribution is 2.35. The molecule has 0 fully saturated rings. The molecule has 0 bridgehead atoms. The molecule has 0 aliphatic rings. The van der Waals surface area contributed by atoms with Gasteiger partial charge < -0.3 is 32.5 Å². The average Bonchev–Trinajstić information content (AvgIpc) is 2.65. The van der Waals surface area contributed by atoms with E-state index in [-0.39, 0.29) is 6.79 Å². The van der Waals surface area contributed by atoms with Crippen molar-refractivity contribution in [2.24, 2.45) is 0 Å². The van der Waals surface area contributed by atoms with Crippen molar-refractivity contribution in [2.45, 2.75) is 51.5 Å². The van der Waals surface area contributed by atoms with Gasteiger partial charge in [-0.1, -0.05) is 20.8 Å². The van der Waals surface area contributed by atoms with E-state index >= 15 is 0 Å². The molecule has 0 N–H and O–H groups in total. The van der Waals surface area contributed by atoms with Gasteiger partial charge in [0, 0.05) is 41.7 Å². The van der Waals surface area contributed by atoms with E-state index in [1.54, 1.807) is 0 Å². The molecule has 0 aliphatic heterocycles. The minimum absolute atomic E-state index is 0.0581. The maximum atomic E-state index is 6.21. The zero-order valence-electron chi connectivity index (χ0n) is 16.8. The Balaban J connectivity index is 6.10. The van der Waals surface area contributed by atoms with Gasteiger partial charge in [-0.05, 0) is 19.3 Å². The molecule has 1 unspecified atom stereocenters. The van der Waals surface area contributed by atoms with Gasteiger partial charge in [0.25, 0.3) is 0 Å². The molecule has 0 amide bonds. The van der Waals surface area contributed by atoms with E-state index in [9.17, 15) is 0 Å². The molecule has 0 heterocycles. The van der Waals surface area contributed by atoms with Crippen LogP contribution < -0.4 is 0 Å². The summed E-state index contributed by atoms with van der Waals surface area (Å²) in [6.45, 7) is 7.18. The van der Waals surface area contributed by atoms with Crippen LogP contribution in [0.2, 0.25) is 0 Å². The SMILES string of the molecule is CCCOC(OC)(OCOC)[Si](OCCC)(OCCC)C(OC)OC. The first kappa shape index (κ1) is 24.9. The van der Waals surface area contributed by atoms with Crippen LogP contribution in [0.15, 0.2) is 0 Å². The molecule has 0 spiro atoms. The quantitative estimate of drug-likeness (QED) is 0.279. The highest BCUT2D eigenvalue weighted by molar-refractivity contribution is 6.70. The fourth-order valence-corrected chi connectivity index (χ4v) is 5.77. The summed E-state index contributed by atoms with van der Waals surface area (Å²) in [4.78, 5) is 0. The molecule has 0 aromatic rings. The van der Waals surface area contributed by atoms with Crippen LogP contribution in [0.25, 0.3) is 0 Å². The molecule has 0 aliphatic carbocycles. The standard InChI is InChI=1S/C16H36O8Si/c1-8-11-21-16(20-7,22-14-17-4)25(23-12-9-2,24-13-10-3)15(18-5)19-6/h15H,8-14H2,1-7H3. The maximum Gasteiger partial charge on any atom is 0.496 e. The number of hydrogen-bond acceptors (Lipinski definition) is 8. The first-order valence-corrected chi connectivity index (χ1v) is 10.6. The fourth-order valence-electron chi connectivity index (χ4n) is 2.29. The van der Waals surface area contributed by atoms with E-state index in [0.29, 0.717) is 19.8 Å².